The fraction of sp³-hybridized carbons (Fsp3) is 0.667. The predicted molar refractivity (Wildman–Crippen MR) is 75.8 cm³/mol. The molecule has 1 rings (SSSR count). The Balaban J connectivity index is 2.19. The standard InChI is InChI=1S/C12H22N4OS/c1-18-8-4-2-3-6-14-12(17)11-9-16(7-5-13)10-15-11/h9-10H,2-8,13H2,1H3,(H,14,17). The van der Waals surface area contributed by atoms with Crippen molar-refractivity contribution in [3.63, 3.8) is 0 Å². The molecule has 1 aromatic rings. The van der Waals surface area contributed by atoms with E-state index in [1.807, 2.05) is 16.3 Å². The number of imidazole rings is 1. The topological polar surface area (TPSA) is 72.9 Å². The number of nitrogens with one attached hydrogen (secondary N) is 1. The van der Waals surface area contributed by atoms with Gasteiger partial charge in [-0.3, -0.25) is 4.79 Å². The Kier molecular flexibility index (Phi) is 7.52. The number of thioether (sulfide) groups is 1. The summed E-state index contributed by atoms with van der Waals surface area (Å²) in [5.74, 6) is 1.09. The minimum absolute atomic E-state index is 0.101. The Bertz CT molecular complexity index is 354. The summed E-state index contributed by atoms with van der Waals surface area (Å²) in [6.07, 6.45) is 8.87. The van der Waals surface area contributed by atoms with Crippen molar-refractivity contribution in [3.05, 3.63) is 18.2 Å². The zero-order valence-electron chi connectivity index (χ0n) is 10.9. The number of rotatable bonds is 9. The molecule has 3 N–H and O–H groups in total. The zero-order valence-corrected chi connectivity index (χ0v) is 11.7. The highest BCUT2D eigenvalue weighted by Crippen LogP contribution is 2.02. The molecule has 0 saturated carbocycles. The number of aromatic nitrogens is 2. The molecule has 0 unspecified atom stereocenters. The van der Waals surface area contributed by atoms with Crippen LogP contribution in [-0.4, -0.2) is 40.6 Å². The summed E-state index contributed by atoms with van der Waals surface area (Å²) in [4.78, 5) is 15.8. The van der Waals surface area contributed by atoms with E-state index in [0.717, 1.165) is 19.4 Å². The average molecular weight is 270 g/mol. The molecule has 0 fully saturated rings. The Morgan fingerprint density at radius 3 is 3.06 bits per heavy atom. The van der Waals surface area contributed by atoms with Crippen LogP contribution in [0.4, 0.5) is 0 Å². The van der Waals surface area contributed by atoms with Crippen molar-refractivity contribution in [2.75, 3.05) is 25.1 Å². The van der Waals surface area contributed by atoms with Crippen molar-refractivity contribution in [3.8, 4) is 0 Å². The van der Waals surface area contributed by atoms with Crippen LogP contribution in [0.25, 0.3) is 0 Å². The van der Waals surface area contributed by atoms with Crippen molar-refractivity contribution in [2.24, 2.45) is 5.73 Å². The van der Waals surface area contributed by atoms with Crippen LogP contribution in [0.2, 0.25) is 0 Å². The van der Waals surface area contributed by atoms with E-state index in [9.17, 15) is 4.79 Å². The first-order valence-electron chi connectivity index (χ1n) is 6.27. The lowest BCUT2D eigenvalue weighted by atomic mass is 10.2. The Morgan fingerprint density at radius 2 is 2.33 bits per heavy atom. The van der Waals surface area contributed by atoms with Crippen molar-refractivity contribution in [2.45, 2.75) is 25.8 Å². The highest BCUT2D eigenvalue weighted by Gasteiger charge is 2.07. The molecule has 0 aliphatic heterocycles. The van der Waals surface area contributed by atoms with Gasteiger partial charge in [-0.1, -0.05) is 6.42 Å². The number of unbranched alkanes of at least 4 members (excludes halogenated alkanes) is 2. The van der Waals surface area contributed by atoms with E-state index in [2.05, 4.69) is 16.6 Å². The van der Waals surface area contributed by atoms with Gasteiger partial charge < -0.3 is 15.6 Å². The Hall–Kier alpha value is -1.01. The fourth-order valence-electron chi connectivity index (χ4n) is 1.59. The van der Waals surface area contributed by atoms with Gasteiger partial charge in [-0.2, -0.15) is 11.8 Å². The fourth-order valence-corrected chi connectivity index (χ4v) is 2.08. The zero-order chi connectivity index (χ0) is 13.2. The quantitative estimate of drug-likeness (QED) is 0.659. The van der Waals surface area contributed by atoms with Crippen molar-refractivity contribution in [1.29, 1.82) is 0 Å². The van der Waals surface area contributed by atoms with E-state index in [0.29, 0.717) is 18.8 Å². The van der Waals surface area contributed by atoms with Gasteiger partial charge in [0, 0.05) is 25.8 Å². The lowest BCUT2D eigenvalue weighted by Crippen LogP contribution is -2.24. The molecule has 0 aromatic carbocycles. The molecular weight excluding hydrogens is 248 g/mol. The lowest BCUT2D eigenvalue weighted by molar-refractivity contribution is 0.0948. The predicted octanol–water partition coefficient (Wildman–Crippen LogP) is 1.10. The summed E-state index contributed by atoms with van der Waals surface area (Å²) >= 11 is 1.86. The molecule has 102 valence electrons. The van der Waals surface area contributed by atoms with E-state index in [-0.39, 0.29) is 5.91 Å². The van der Waals surface area contributed by atoms with Gasteiger partial charge in [0.1, 0.15) is 5.69 Å². The third-order valence-electron chi connectivity index (χ3n) is 2.56. The highest BCUT2D eigenvalue weighted by atomic mass is 32.2. The molecule has 0 aliphatic rings. The maximum absolute atomic E-state index is 11.7. The van der Waals surface area contributed by atoms with Crippen LogP contribution in [-0.2, 0) is 6.54 Å². The van der Waals surface area contributed by atoms with Crippen LogP contribution in [0, 0.1) is 0 Å². The maximum atomic E-state index is 11.7. The number of amides is 1. The molecule has 18 heavy (non-hydrogen) atoms. The van der Waals surface area contributed by atoms with E-state index in [1.165, 1.54) is 12.2 Å². The monoisotopic (exact) mass is 270 g/mol. The van der Waals surface area contributed by atoms with Crippen molar-refractivity contribution < 1.29 is 4.79 Å². The van der Waals surface area contributed by atoms with Crippen LogP contribution in [0.1, 0.15) is 29.8 Å². The van der Waals surface area contributed by atoms with Gasteiger partial charge in [0.25, 0.3) is 5.91 Å². The van der Waals surface area contributed by atoms with Gasteiger partial charge >= 0.3 is 0 Å². The number of carbonyl (C=O) groups is 1. The number of nitrogens with zero attached hydrogens (tertiary/aromatic N) is 2. The van der Waals surface area contributed by atoms with Crippen LogP contribution >= 0.6 is 11.8 Å². The number of nitrogens with two attached hydrogens (primary N) is 1. The highest BCUT2D eigenvalue weighted by molar-refractivity contribution is 7.98. The molecule has 1 heterocycles. The third-order valence-corrected chi connectivity index (χ3v) is 3.26. The molecule has 0 spiro atoms. The van der Waals surface area contributed by atoms with Crippen LogP contribution in [0.5, 0.6) is 0 Å². The Morgan fingerprint density at radius 1 is 1.50 bits per heavy atom. The number of hydrogen-bond donors (Lipinski definition) is 2. The van der Waals surface area contributed by atoms with E-state index < -0.39 is 0 Å². The van der Waals surface area contributed by atoms with E-state index in [1.54, 1.807) is 12.5 Å². The normalized spacial score (nSPS) is 10.6. The number of hydrogen-bond acceptors (Lipinski definition) is 4. The first kappa shape index (κ1) is 15.0. The van der Waals surface area contributed by atoms with Crippen molar-refractivity contribution in [1.82, 2.24) is 14.9 Å². The van der Waals surface area contributed by atoms with E-state index in [4.69, 9.17) is 5.73 Å². The first-order chi connectivity index (χ1) is 8.77. The van der Waals surface area contributed by atoms with Gasteiger partial charge in [0.05, 0.1) is 6.33 Å². The molecule has 0 bridgehead atoms. The second kappa shape index (κ2) is 8.99. The summed E-state index contributed by atoms with van der Waals surface area (Å²) in [6.45, 7) is 1.96. The maximum Gasteiger partial charge on any atom is 0.271 e. The average Bonchev–Trinajstić information content (AvgIpc) is 2.82. The van der Waals surface area contributed by atoms with E-state index >= 15 is 0 Å². The molecule has 0 atom stereocenters. The minimum Gasteiger partial charge on any atom is -0.351 e. The van der Waals surface area contributed by atoms with Gasteiger partial charge in [-0.05, 0) is 24.9 Å². The lowest BCUT2D eigenvalue weighted by Gasteiger charge is -2.02. The largest absolute Gasteiger partial charge is 0.351 e. The number of carbonyl (C=O) groups excluding carboxylic acids is 1. The summed E-state index contributed by atoms with van der Waals surface area (Å²) in [6, 6.07) is 0. The van der Waals surface area contributed by atoms with Gasteiger partial charge in [0.2, 0.25) is 0 Å². The summed E-state index contributed by atoms with van der Waals surface area (Å²) < 4.78 is 1.83. The first-order valence-corrected chi connectivity index (χ1v) is 7.66. The molecule has 1 aromatic heterocycles. The van der Waals surface area contributed by atoms with Crippen LogP contribution < -0.4 is 11.1 Å². The summed E-state index contributed by atoms with van der Waals surface area (Å²) in [5, 5.41) is 2.88. The summed E-state index contributed by atoms with van der Waals surface area (Å²) in [7, 11) is 0. The second-order valence-electron chi connectivity index (χ2n) is 4.09. The van der Waals surface area contributed by atoms with Gasteiger partial charge in [-0.25, -0.2) is 4.98 Å². The molecule has 1 amide bonds. The van der Waals surface area contributed by atoms with Gasteiger partial charge in [-0.15, -0.1) is 0 Å². The molecular formula is C12H22N4OS. The van der Waals surface area contributed by atoms with Crippen LogP contribution in [0.3, 0.4) is 0 Å². The third kappa shape index (κ3) is 5.55. The minimum atomic E-state index is -0.101. The molecule has 6 heteroatoms. The van der Waals surface area contributed by atoms with Crippen molar-refractivity contribution >= 4 is 17.7 Å². The summed E-state index contributed by atoms with van der Waals surface area (Å²) in [5.41, 5.74) is 5.90. The second-order valence-corrected chi connectivity index (χ2v) is 5.08. The van der Waals surface area contributed by atoms with Crippen LogP contribution in [0.15, 0.2) is 12.5 Å². The molecule has 0 radical (unpaired) electrons. The smallest absolute Gasteiger partial charge is 0.271 e. The Labute approximate surface area is 113 Å². The molecule has 0 saturated heterocycles. The SMILES string of the molecule is CSCCCCCNC(=O)c1cn(CCN)cn1. The molecule has 5 nitrogen and oxygen atoms in total. The molecule has 0 aliphatic carbocycles. The van der Waals surface area contributed by atoms with Gasteiger partial charge in [0.15, 0.2) is 0 Å².